The Morgan fingerprint density at radius 1 is 1.34 bits per heavy atom. The van der Waals surface area contributed by atoms with E-state index in [2.05, 4.69) is 47.3 Å². The van der Waals surface area contributed by atoms with Gasteiger partial charge in [-0.3, -0.25) is 19.1 Å². The average molecular weight is 532 g/mol. The molecule has 1 aliphatic rings. The van der Waals surface area contributed by atoms with Crippen LogP contribution in [-0.4, -0.2) is 56.1 Å². The van der Waals surface area contributed by atoms with Crippen LogP contribution in [0.15, 0.2) is 27.3 Å². The number of hydrogen-bond donors (Lipinski definition) is 2. The van der Waals surface area contributed by atoms with Crippen LogP contribution in [0.5, 0.6) is 0 Å². The van der Waals surface area contributed by atoms with Crippen molar-refractivity contribution < 1.29 is 18.8 Å². The van der Waals surface area contributed by atoms with E-state index in [1.807, 2.05) is 0 Å². The van der Waals surface area contributed by atoms with E-state index >= 15 is 0 Å². The molecule has 1 aliphatic heterocycles. The Bertz CT molecular complexity index is 982. The second-order valence-corrected chi connectivity index (χ2v) is 8.11. The van der Waals surface area contributed by atoms with Crippen LogP contribution in [0.3, 0.4) is 0 Å². The van der Waals surface area contributed by atoms with Gasteiger partial charge in [-0.15, -0.1) is 0 Å². The first-order chi connectivity index (χ1) is 13.7. The molecule has 3 N–H and O–H groups in total. The van der Waals surface area contributed by atoms with Crippen molar-refractivity contribution in [3.8, 4) is 0 Å². The summed E-state index contributed by atoms with van der Waals surface area (Å²) in [7, 11) is 0. The molecule has 1 fully saturated rings. The molecule has 0 aromatic carbocycles. The molecule has 0 aliphatic carbocycles. The molecule has 3 heterocycles. The molecule has 12 heteroatoms. The number of pyridine rings is 1. The summed E-state index contributed by atoms with van der Waals surface area (Å²) in [6.07, 6.45) is -1.43. The molecule has 0 saturated carbocycles. The fourth-order valence-electron chi connectivity index (χ4n) is 3.05. The number of anilines is 1. The van der Waals surface area contributed by atoms with Crippen molar-refractivity contribution in [2.45, 2.75) is 32.1 Å². The van der Waals surface area contributed by atoms with Gasteiger partial charge in [0.05, 0.1) is 16.7 Å². The standard InChI is InChI=1S/C17H17Br2FN6O3/c1-8-14(19)15(16(21)28)24-26(8)7-13(27)25-6-9(20)5-10(25)17(29)23-12-4-2-3-11(18)22-12/h2-4,9-10H,5-7H2,1H3,(H2,21,28)(H,22,23,29)/t9-,10+/m1/s1. The zero-order valence-corrected chi connectivity index (χ0v) is 18.4. The van der Waals surface area contributed by atoms with Gasteiger partial charge in [0.15, 0.2) is 5.69 Å². The monoisotopic (exact) mass is 530 g/mol. The highest BCUT2D eigenvalue weighted by atomic mass is 79.9. The summed E-state index contributed by atoms with van der Waals surface area (Å²) in [5.74, 6) is -1.48. The van der Waals surface area contributed by atoms with Crippen molar-refractivity contribution in [1.82, 2.24) is 19.7 Å². The highest BCUT2D eigenvalue weighted by Crippen LogP contribution is 2.24. The van der Waals surface area contributed by atoms with Gasteiger partial charge in [0.1, 0.15) is 29.2 Å². The molecule has 2 atom stereocenters. The normalized spacial score (nSPS) is 18.7. The number of carbonyl (C=O) groups excluding carboxylic acids is 3. The highest BCUT2D eigenvalue weighted by molar-refractivity contribution is 9.10. The van der Waals surface area contributed by atoms with E-state index in [1.54, 1.807) is 25.1 Å². The number of likely N-dealkylation sites (tertiary alicyclic amines) is 1. The lowest BCUT2D eigenvalue weighted by molar-refractivity contribution is -0.137. The van der Waals surface area contributed by atoms with Crippen LogP contribution in [0.1, 0.15) is 22.6 Å². The Hall–Kier alpha value is -2.34. The van der Waals surface area contributed by atoms with E-state index in [0.29, 0.717) is 14.8 Å². The number of carbonyl (C=O) groups is 3. The average Bonchev–Trinajstić information content (AvgIpc) is 3.17. The Kier molecular flexibility index (Phi) is 6.32. The van der Waals surface area contributed by atoms with Crippen LogP contribution >= 0.6 is 31.9 Å². The minimum Gasteiger partial charge on any atom is -0.364 e. The molecule has 3 rings (SSSR count). The molecule has 0 radical (unpaired) electrons. The number of nitrogens with one attached hydrogen (secondary N) is 1. The molecule has 9 nitrogen and oxygen atoms in total. The molecule has 29 heavy (non-hydrogen) atoms. The molecule has 0 bridgehead atoms. The van der Waals surface area contributed by atoms with Gasteiger partial charge in [-0.25, -0.2) is 9.37 Å². The van der Waals surface area contributed by atoms with Crippen LogP contribution in [-0.2, 0) is 16.1 Å². The smallest absolute Gasteiger partial charge is 0.270 e. The van der Waals surface area contributed by atoms with E-state index < -0.39 is 29.9 Å². The second kappa shape index (κ2) is 8.57. The quantitative estimate of drug-likeness (QED) is 0.569. The number of halogens is 3. The van der Waals surface area contributed by atoms with Crippen LogP contribution in [0.2, 0.25) is 0 Å². The lowest BCUT2D eigenvalue weighted by Crippen LogP contribution is -2.44. The summed E-state index contributed by atoms with van der Waals surface area (Å²) in [6.45, 7) is 1.19. The van der Waals surface area contributed by atoms with Crippen molar-refractivity contribution in [2.24, 2.45) is 5.73 Å². The summed E-state index contributed by atoms with van der Waals surface area (Å²) in [4.78, 5) is 42.1. The molecular weight excluding hydrogens is 515 g/mol. The lowest BCUT2D eigenvalue weighted by Gasteiger charge is -2.23. The predicted octanol–water partition coefficient (Wildman–Crippen LogP) is 1.79. The van der Waals surface area contributed by atoms with E-state index in [1.165, 1.54) is 9.58 Å². The number of alkyl halides is 1. The Labute approximate surface area is 182 Å². The first-order valence-corrected chi connectivity index (χ1v) is 10.2. The first kappa shape index (κ1) is 21.4. The molecule has 3 amide bonds. The number of nitrogens with two attached hydrogens (primary N) is 1. The Morgan fingerprint density at radius 2 is 2.07 bits per heavy atom. The number of hydrogen-bond acceptors (Lipinski definition) is 5. The van der Waals surface area contributed by atoms with Gasteiger partial charge in [0, 0.05) is 6.42 Å². The second-order valence-electron chi connectivity index (χ2n) is 6.50. The van der Waals surface area contributed by atoms with Crippen LogP contribution in [0.4, 0.5) is 10.2 Å². The largest absolute Gasteiger partial charge is 0.364 e. The molecular formula is C17H17Br2FN6O3. The molecule has 0 spiro atoms. The summed E-state index contributed by atoms with van der Waals surface area (Å²) in [5, 5.41) is 6.63. The van der Waals surface area contributed by atoms with E-state index in [-0.39, 0.29) is 31.0 Å². The van der Waals surface area contributed by atoms with Crippen molar-refractivity contribution in [3.63, 3.8) is 0 Å². The SMILES string of the molecule is Cc1c(Br)c(C(N)=O)nn1CC(=O)N1C[C@H](F)C[C@H]1C(=O)Nc1cccc(Br)n1. The molecule has 154 valence electrons. The van der Waals surface area contributed by atoms with Gasteiger partial charge in [-0.2, -0.15) is 5.10 Å². The minimum atomic E-state index is -1.32. The number of nitrogens with zero attached hydrogens (tertiary/aromatic N) is 4. The van der Waals surface area contributed by atoms with Gasteiger partial charge in [0.2, 0.25) is 11.8 Å². The molecule has 1 saturated heterocycles. The molecule has 2 aromatic rings. The summed E-state index contributed by atoms with van der Waals surface area (Å²) >= 11 is 6.43. The first-order valence-electron chi connectivity index (χ1n) is 8.57. The third-order valence-corrected chi connectivity index (χ3v) is 5.88. The van der Waals surface area contributed by atoms with E-state index in [4.69, 9.17) is 5.73 Å². The maximum absolute atomic E-state index is 14.1. The predicted molar refractivity (Wildman–Crippen MR) is 109 cm³/mol. The van der Waals surface area contributed by atoms with Gasteiger partial charge in [0.25, 0.3) is 5.91 Å². The van der Waals surface area contributed by atoms with Crippen molar-refractivity contribution in [3.05, 3.63) is 38.7 Å². The van der Waals surface area contributed by atoms with Gasteiger partial charge in [-0.1, -0.05) is 6.07 Å². The fourth-order valence-corrected chi connectivity index (χ4v) is 3.87. The van der Waals surface area contributed by atoms with Gasteiger partial charge < -0.3 is 16.0 Å². The maximum atomic E-state index is 14.1. The van der Waals surface area contributed by atoms with Crippen molar-refractivity contribution in [2.75, 3.05) is 11.9 Å². The van der Waals surface area contributed by atoms with Crippen molar-refractivity contribution >= 4 is 55.4 Å². The zero-order valence-electron chi connectivity index (χ0n) is 15.2. The number of rotatable bonds is 5. The summed E-state index contributed by atoms with van der Waals surface area (Å²) < 4.78 is 16.3. The molecule has 0 unspecified atom stereocenters. The van der Waals surface area contributed by atoms with Crippen LogP contribution in [0, 0.1) is 6.92 Å². The Balaban J connectivity index is 1.76. The zero-order chi connectivity index (χ0) is 21.3. The highest BCUT2D eigenvalue weighted by Gasteiger charge is 2.40. The Morgan fingerprint density at radius 3 is 2.69 bits per heavy atom. The van der Waals surface area contributed by atoms with Crippen LogP contribution in [0.25, 0.3) is 0 Å². The van der Waals surface area contributed by atoms with Crippen molar-refractivity contribution in [1.29, 1.82) is 0 Å². The number of primary amides is 1. The number of amides is 3. The maximum Gasteiger partial charge on any atom is 0.270 e. The third-order valence-electron chi connectivity index (χ3n) is 4.49. The van der Waals surface area contributed by atoms with Gasteiger partial charge >= 0.3 is 0 Å². The lowest BCUT2D eigenvalue weighted by atomic mass is 10.2. The van der Waals surface area contributed by atoms with E-state index in [9.17, 15) is 18.8 Å². The summed E-state index contributed by atoms with van der Waals surface area (Å²) in [5.41, 5.74) is 5.77. The van der Waals surface area contributed by atoms with Crippen LogP contribution < -0.4 is 11.1 Å². The topological polar surface area (TPSA) is 123 Å². The van der Waals surface area contributed by atoms with Gasteiger partial charge in [-0.05, 0) is 50.9 Å². The third kappa shape index (κ3) is 4.64. The molecule has 2 aromatic heterocycles. The number of aromatic nitrogens is 3. The fraction of sp³-hybridized carbons (Fsp3) is 0.353. The van der Waals surface area contributed by atoms with E-state index in [0.717, 1.165) is 0 Å². The summed E-state index contributed by atoms with van der Waals surface area (Å²) in [6, 6.07) is 4.00. The minimum absolute atomic E-state index is 0.00453.